The van der Waals surface area contributed by atoms with Crippen molar-refractivity contribution in [3.63, 3.8) is 0 Å². The molecule has 0 bridgehead atoms. The van der Waals surface area contributed by atoms with Crippen molar-refractivity contribution in [1.82, 2.24) is 9.55 Å². The van der Waals surface area contributed by atoms with Crippen LogP contribution >= 0.6 is 0 Å². The van der Waals surface area contributed by atoms with Gasteiger partial charge in [0.1, 0.15) is 11.4 Å². The predicted molar refractivity (Wildman–Crippen MR) is 141 cm³/mol. The molecule has 1 aliphatic rings. The number of hydrogen-bond acceptors (Lipinski definition) is 5. The first-order valence-corrected chi connectivity index (χ1v) is 13.6. The van der Waals surface area contributed by atoms with Crippen molar-refractivity contribution >= 4 is 43.3 Å². The maximum atomic E-state index is 14.4. The fourth-order valence-electron chi connectivity index (χ4n) is 5.73. The van der Waals surface area contributed by atoms with Crippen molar-refractivity contribution in [1.29, 1.82) is 5.26 Å². The van der Waals surface area contributed by atoms with Gasteiger partial charge in [0.2, 0.25) is 0 Å². The Hall–Kier alpha value is -4.37. The van der Waals surface area contributed by atoms with E-state index in [0.29, 0.717) is 22.1 Å². The minimum Gasteiger partial charge on any atom is -0.358 e. The zero-order valence-electron chi connectivity index (χ0n) is 20.5. The summed E-state index contributed by atoms with van der Waals surface area (Å²) in [5.41, 5.74) is -0.505. The lowest BCUT2D eigenvalue weighted by molar-refractivity contribution is -0.137. The molecule has 40 heavy (non-hydrogen) atoms. The molecule has 0 atom stereocenters. The summed E-state index contributed by atoms with van der Waals surface area (Å²) in [5.74, 6) is -0.499. The van der Waals surface area contributed by atoms with Crippen LogP contribution in [-0.4, -0.2) is 18.0 Å². The van der Waals surface area contributed by atoms with E-state index in [1.165, 1.54) is 18.2 Å². The van der Waals surface area contributed by atoms with Crippen molar-refractivity contribution in [3.05, 3.63) is 75.9 Å². The molecule has 6 rings (SSSR count). The Morgan fingerprint density at radius 3 is 2.45 bits per heavy atom. The fraction of sp³-hybridized carbons (Fsp3) is 0.214. The molecule has 12 heteroatoms. The van der Waals surface area contributed by atoms with E-state index in [1.807, 2.05) is 10.6 Å². The van der Waals surface area contributed by atoms with Crippen LogP contribution in [0.2, 0.25) is 0 Å². The Kier molecular flexibility index (Phi) is 5.88. The van der Waals surface area contributed by atoms with E-state index < -0.39 is 33.4 Å². The molecular formula is C28H19F4N3O4S. The number of benzene rings is 3. The topological polar surface area (TPSA) is 105 Å². The minimum absolute atomic E-state index is 0.0730. The van der Waals surface area contributed by atoms with E-state index in [2.05, 4.69) is 9.17 Å². The number of rotatable bonds is 4. The number of pyridine rings is 1. The van der Waals surface area contributed by atoms with Crippen molar-refractivity contribution < 1.29 is 29.7 Å². The number of halogens is 4. The summed E-state index contributed by atoms with van der Waals surface area (Å²) in [6.07, 6.45) is -1.57. The molecule has 1 saturated carbocycles. The zero-order chi connectivity index (χ0) is 28.4. The van der Waals surface area contributed by atoms with Crippen molar-refractivity contribution in [3.8, 4) is 22.9 Å². The van der Waals surface area contributed by atoms with Gasteiger partial charge in [0.15, 0.2) is 5.43 Å². The Bertz CT molecular complexity index is 2050. The van der Waals surface area contributed by atoms with E-state index >= 15 is 0 Å². The molecular weight excluding hydrogens is 550 g/mol. The number of nitrogens with zero attached hydrogens (tertiary/aromatic N) is 2. The van der Waals surface area contributed by atoms with Gasteiger partial charge in [0.25, 0.3) is 0 Å². The number of hydrogen-bond donors (Lipinski definition) is 1. The molecule has 1 aliphatic carbocycles. The van der Waals surface area contributed by atoms with E-state index in [9.17, 15) is 35.5 Å². The van der Waals surface area contributed by atoms with Crippen molar-refractivity contribution in [2.24, 2.45) is 0 Å². The highest BCUT2D eigenvalue weighted by atomic mass is 32.3. The molecule has 0 radical (unpaired) electrons. The summed E-state index contributed by atoms with van der Waals surface area (Å²) in [6, 6.07) is 13.5. The SMILES string of the molecule is N#Cc1ccc2c(c1)[nH]c1c2c(=O)c2cc(C(F)(F)F)c(-c3cccc(OS(=O)(=O)F)c3)cc2n1C1CCCC1. The molecule has 1 N–H and O–H groups in total. The summed E-state index contributed by atoms with van der Waals surface area (Å²) in [4.78, 5) is 17.1. The van der Waals surface area contributed by atoms with Gasteiger partial charge in [-0.15, -0.1) is 0 Å². The summed E-state index contributed by atoms with van der Waals surface area (Å²) < 4.78 is 84.5. The van der Waals surface area contributed by atoms with Crippen LogP contribution in [0.3, 0.4) is 0 Å². The molecule has 2 heterocycles. The van der Waals surface area contributed by atoms with E-state index in [4.69, 9.17) is 0 Å². The highest BCUT2D eigenvalue weighted by Crippen LogP contribution is 2.43. The fourth-order valence-corrected chi connectivity index (χ4v) is 6.07. The second-order valence-corrected chi connectivity index (χ2v) is 10.7. The predicted octanol–water partition coefficient (Wildman–Crippen LogP) is 6.90. The second kappa shape index (κ2) is 9.09. The molecule has 0 saturated heterocycles. The number of H-pyrrole nitrogens is 1. The Balaban J connectivity index is 1.74. The smallest absolute Gasteiger partial charge is 0.358 e. The highest BCUT2D eigenvalue weighted by molar-refractivity contribution is 7.81. The van der Waals surface area contributed by atoms with Gasteiger partial charge >= 0.3 is 16.7 Å². The van der Waals surface area contributed by atoms with Crippen LogP contribution < -0.4 is 9.61 Å². The zero-order valence-corrected chi connectivity index (χ0v) is 21.4. The maximum absolute atomic E-state index is 14.4. The first-order chi connectivity index (χ1) is 18.9. The molecule has 1 fully saturated rings. The lowest BCUT2D eigenvalue weighted by atomic mass is 9.95. The summed E-state index contributed by atoms with van der Waals surface area (Å²) in [6.45, 7) is 0. The second-order valence-electron chi connectivity index (χ2n) is 9.78. The standard InChI is InChI=1S/C28H19F4N3O4S/c29-28(30,31)22-12-21-24(13-20(22)16-4-3-7-18(11-16)39-40(32,37)38)35(17-5-1-2-6-17)27-25(26(21)36)19-9-8-15(14-33)10-23(19)34-27/h3-4,7-13,17,34H,1-2,5-6H2. The van der Waals surface area contributed by atoms with Gasteiger partial charge in [-0.1, -0.05) is 34.9 Å². The summed E-state index contributed by atoms with van der Waals surface area (Å²) in [5, 5.41) is 9.95. The van der Waals surface area contributed by atoms with Gasteiger partial charge in [0, 0.05) is 22.3 Å². The monoisotopic (exact) mass is 569 g/mol. The molecule has 0 unspecified atom stereocenters. The molecule has 5 aromatic rings. The molecule has 0 spiro atoms. The van der Waals surface area contributed by atoms with E-state index in [1.54, 1.807) is 18.2 Å². The quantitative estimate of drug-likeness (QED) is 0.187. The Morgan fingerprint density at radius 2 is 1.77 bits per heavy atom. The Labute approximate surface area is 224 Å². The third-order valence-corrected chi connectivity index (χ3v) is 7.74. The molecule has 0 aliphatic heterocycles. The number of nitrogens with one attached hydrogen (secondary N) is 1. The number of nitriles is 1. The van der Waals surface area contributed by atoms with Crippen LogP contribution in [0.25, 0.3) is 44.0 Å². The minimum atomic E-state index is -5.41. The van der Waals surface area contributed by atoms with Crippen molar-refractivity contribution in [2.45, 2.75) is 37.9 Å². The van der Waals surface area contributed by atoms with E-state index in [-0.39, 0.29) is 33.5 Å². The number of alkyl halides is 3. The van der Waals surface area contributed by atoms with Crippen molar-refractivity contribution in [2.75, 3.05) is 0 Å². The van der Waals surface area contributed by atoms with Gasteiger partial charge in [-0.2, -0.15) is 26.9 Å². The highest BCUT2D eigenvalue weighted by Gasteiger charge is 2.36. The van der Waals surface area contributed by atoms with Crippen LogP contribution in [0.4, 0.5) is 17.1 Å². The van der Waals surface area contributed by atoms with E-state index in [0.717, 1.165) is 43.9 Å². The number of fused-ring (bicyclic) bond motifs is 4. The van der Waals surface area contributed by atoms with Gasteiger partial charge in [0.05, 0.1) is 28.1 Å². The molecule has 0 amide bonds. The average molecular weight is 570 g/mol. The number of aromatic amines is 1. The Morgan fingerprint density at radius 1 is 1.02 bits per heavy atom. The molecule has 7 nitrogen and oxygen atoms in total. The molecule has 204 valence electrons. The van der Waals surface area contributed by atoms with Crippen LogP contribution in [0.15, 0.2) is 59.4 Å². The van der Waals surface area contributed by atoms with Gasteiger partial charge in [-0.05, 0) is 60.4 Å². The van der Waals surface area contributed by atoms with Gasteiger partial charge in [-0.25, -0.2) is 0 Å². The average Bonchev–Trinajstić information content (AvgIpc) is 3.55. The van der Waals surface area contributed by atoms with Crippen LogP contribution in [-0.2, 0) is 16.7 Å². The summed E-state index contributed by atoms with van der Waals surface area (Å²) in [7, 11) is -5.41. The van der Waals surface area contributed by atoms with Crippen LogP contribution in [0, 0.1) is 11.3 Å². The molecule has 3 aromatic carbocycles. The maximum Gasteiger partial charge on any atom is 0.488 e. The van der Waals surface area contributed by atoms with Gasteiger partial charge < -0.3 is 13.7 Å². The van der Waals surface area contributed by atoms with Gasteiger partial charge in [-0.3, -0.25) is 4.79 Å². The third kappa shape index (κ3) is 4.36. The van der Waals surface area contributed by atoms with Crippen LogP contribution in [0.1, 0.15) is 42.9 Å². The number of aromatic nitrogens is 2. The lowest BCUT2D eigenvalue weighted by Crippen LogP contribution is -2.16. The first-order valence-electron chi connectivity index (χ1n) is 12.3. The normalized spacial score (nSPS) is 14.8. The lowest BCUT2D eigenvalue weighted by Gasteiger charge is -2.22. The third-order valence-electron chi connectivity index (χ3n) is 7.35. The summed E-state index contributed by atoms with van der Waals surface area (Å²) >= 11 is 0. The molecule has 2 aromatic heterocycles. The largest absolute Gasteiger partial charge is 0.488 e. The van der Waals surface area contributed by atoms with Crippen LogP contribution in [0.5, 0.6) is 5.75 Å². The first kappa shape index (κ1) is 25.9.